The number of hydrogen-bond acceptors (Lipinski definition) is 3. The average molecular weight is 226 g/mol. The minimum absolute atomic E-state index is 0.221. The summed E-state index contributed by atoms with van der Waals surface area (Å²) in [6.07, 6.45) is 4.72. The molecule has 0 saturated carbocycles. The molecule has 1 fully saturated rings. The number of ether oxygens (including phenoxy) is 1. The van der Waals surface area contributed by atoms with E-state index >= 15 is 0 Å². The van der Waals surface area contributed by atoms with Gasteiger partial charge in [-0.3, -0.25) is 0 Å². The van der Waals surface area contributed by atoms with Crippen LogP contribution in [-0.4, -0.2) is 30.6 Å². The van der Waals surface area contributed by atoms with Crippen LogP contribution >= 0.6 is 0 Å². The summed E-state index contributed by atoms with van der Waals surface area (Å²) in [6.45, 7) is 5.98. The van der Waals surface area contributed by atoms with Crippen LogP contribution in [0.4, 0.5) is 4.79 Å². The van der Waals surface area contributed by atoms with E-state index in [0.29, 0.717) is 11.7 Å². The maximum absolute atomic E-state index is 11.7. The Morgan fingerprint density at radius 2 is 2.12 bits per heavy atom. The maximum Gasteiger partial charge on any atom is 0.414 e. The van der Waals surface area contributed by atoms with Crippen LogP contribution in [0.5, 0.6) is 0 Å². The summed E-state index contributed by atoms with van der Waals surface area (Å²) in [5.41, 5.74) is 5.53. The SMILES string of the molecule is C/C=C(/C)OC(=O)N1CCC(CCN)CC1. The molecular formula is C12H22N2O2. The zero-order valence-corrected chi connectivity index (χ0v) is 10.2. The minimum atomic E-state index is -0.221. The highest BCUT2D eigenvalue weighted by Crippen LogP contribution is 2.20. The van der Waals surface area contributed by atoms with Gasteiger partial charge in [-0.1, -0.05) is 0 Å². The Morgan fingerprint density at radius 1 is 1.50 bits per heavy atom. The van der Waals surface area contributed by atoms with E-state index in [4.69, 9.17) is 10.5 Å². The van der Waals surface area contributed by atoms with Crippen molar-refractivity contribution in [3.8, 4) is 0 Å². The predicted octanol–water partition coefficient (Wildman–Crippen LogP) is 2.11. The molecule has 16 heavy (non-hydrogen) atoms. The van der Waals surface area contributed by atoms with Crippen molar-refractivity contribution in [2.24, 2.45) is 11.7 Å². The van der Waals surface area contributed by atoms with Crippen molar-refractivity contribution in [2.45, 2.75) is 33.1 Å². The molecule has 1 heterocycles. The van der Waals surface area contributed by atoms with Crippen molar-refractivity contribution in [3.05, 3.63) is 11.8 Å². The second-order valence-corrected chi connectivity index (χ2v) is 4.28. The molecule has 0 aliphatic carbocycles. The molecule has 1 aliphatic rings. The fourth-order valence-corrected chi connectivity index (χ4v) is 1.90. The van der Waals surface area contributed by atoms with Gasteiger partial charge in [-0.15, -0.1) is 0 Å². The van der Waals surface area contributed by atoms with Gasteiger partial charge < -0.3 is 15.4 Å². The first-order valence-corrected chi connectivity index (χ1v) is 5.97. The molecule has 0 aromatic carbocycles. The fraction of sp³-hybridized carbons (Fsp3) is 0.750. The van der Waals surface area contributed by atoms with E-state index in [2.05, 4.69) is 0 Å². The third kappa shape index (κ3) is 3.85. The fourth-order valence-electron chi connectivity index (χ4n) is 1.90. The lowest BCUT2D eigenvalue weighted by Crippen LogP contribution is -2.39. The van der Waals surface area contributed by atoms with E-state index in [1.54, 1.807) is 17.9 Å². The standard InChI is InChI=1S/C12H22N2O2/c1-3-10(2)16-12(15)14-8-5-11(4-7-13)6-9-14/h3,11H,4-9,13H2,1-2H3/b10-3-. The second-order valence-electron chi connectivity index (χ2n) is 4.28. The van der Waals surface area contributed by atoms with Gasteiger partial charge in [0.15, 0.2) is 0 Å². The first kappa shape index (κ1) is 13.0. The highest BCUT2D eigenvalue weighted by molar-refractivity contribution is 5.68. The molecular weight excluding hydrogens is 204 g/mol. The molecule has 1 aliphatic heterocycles. The summed E-state index contributed by atoms with van der Waals surface area (Å²) < 4.78 is 5.16. The van der Waals surface area contributed by atoms with Crippen LogP contribution in [0.3, 0.4) is 0 Å². The van der Waals surface area contributed by atoms with Gasteiger partial charge in [0.1, 0.15) is 5.76 Å². The van der Waals surface area contributed by atoms with E-state index in [0.717, 1.165) is 38.9 Å². The Balaban J connectivity index is 2.33. The zero-order valence-electron chi connectivity index (χ0n) is 10.2. The van der Waals surface area contributed by atoms with Crippen molar-refractivity contribution in [1.82, 2.24) is 4.90 Å². The largest absolute Gasteiger partial charge is 0.415 e. The summed E-state index contributed by atoms with van der Waals surface area (Å²) in [5, 5.41) is 0. The molecule has 0 aromatic heterocycles. The first-order chi connectivity index (χ1) is 7.67. The van der Waals surface area contributed by atoms with Gasteiger partial charge >= 0.3 is 6.09 Å². The van der Waals surface area contributed by atoms with E-state index in [-0.39, 0.29) is 6.09 Å². The van der Waals surface area contributed by atoms with Crippen LogP contribution in [-0.2, 0) is 4.74 Å². The molecule has 0 bridgehead atoms. The van der Waals surface area contributed by atoms with Crippen LogP contribution in [0.15, 0.2) is 11.8 Å². The van der Waals surface area contributed by atoms with Gasteiger partial charge in [-0.2, -0.15) is 0 Å². The molecule has 4 heteroatoms. The highest BCUT2D eigenvalue weighted by Gasteiger charge is 2.23. The van der Waals surface area contributed by atoms with Crippen molar-refractivity contribution < 1.29 is 9.53 Å². The molecule has 2 N–H and O–H groups in total. The summed E-state index contributed by atoms with van der Waals surface area (Å²) in [6, 6.07) is 0. The van der Waals surface area contributed by atoms with Crippen LogP contribution in [0.2, 0.25) is 0 Å². The van der Waals surface area contributed by atoms with E-state index in [9.17, 15) is 4.79 Å². The van der Waals surface area contributed by atoms with E-state index < -0.39 is 0 Å². The molecule has 0 unspecified atom stereocenters. The second kappa shape index (κ2) is 6.53. The van der Waals surface area contributed by atoms with Gasteiger partial charge in [0.05, 0.1) is 0 Å². The zero-order chi connectivity index (χ0) is 12.0. The Kier molecular flexibility index (Phi) is 5.32. The molecule has 4 nitrogen and oxygen atoms in total. The van der Waals surface area contributed by atoms with Crippen LogP contribution in [0.1, 0.15) is 33.1 Å². The van der Waals surface area contributed by atoms with Gasteiger partial charge in [0, 0.05) is 13.1 Å². The smallest absolute Gasteiger partial charge is 0.414 e. The average Bonchev–Trinajstić information content (AvgIpc) is 2.30. The number of piperidine rings is 1. The van der Waals surface area contributed by atoms with Crippen LogP contribution in [0.25, 0.3) is 0 Å². The summed E-state index contributed by atoms with van der Waals surface area (Å²) in [7, 11) is 0. The number of allylic oxidation sites excluding steroid dienone is 2. The molecule has 1 saturated heterocycles. The number of hydrogen-bond donors (Lipinski definition) is 1. The van der Waals surface area contributed by atoms with Crippen molar-refractivity contribution in [3.63, 3.8) is 0 Å². The predicted molar refractivity (Wildman–Crippen MR) is 63.9 cm³/mol. The Hall–Kier alpha value is -1.03. The third-order valence-corrected chi connectivity index (χ3v) is 3.10. The number of carbonyl (C=O) groups excluding carboxylic acids is 1. The lowest BCUT2D eigenvalue weighted by Gasteiger charge is -2.31. The molecule has 1 rings (SSSR count). The van der Waals surface area contributed by atoms with Gasteiger partial charge in [0.2, 0.25) is 0 Å². The number of carbonyl (C=O) groups is 1. The summed E-state index contributed by atoms with van der Waals surface area (Å²) >= 11 is 0. The number of likely N-dealkylation sites (tertiary alicyclic amines) is 1. The summed E-state index contributed by atoms with van der Waals surface area (Å²) in [4.78, 5) is 13.4. The van der Waals surface area contributed by atoms with Gasteiger partial charge in [-0.25, -0.2) is 4.79 Å². The van der Waals surface area contributed by atoms with Gasteiger partial charge in [0.25, 0.3) is 0 Å². The van der Waals surface area contributed by atoms with Crippen molar-refractivity contribution in [2.75, 3.05) is 19.6 Å². The minimum Gasteiger partial charge on any atom is -0.415 e. The van der Waals surface area contributed by atoms with Crippen molar-refractivity contribution >= 4 is 6.09 Å². The van der Waals surface area contributed by atoms with Crippen molar-refractivity contribution in [1.29, 1.82) is 0 Å². The molecule has 0 aromatic rings. The highest BCUT2D eigenvalue weighted by atomic mass is 16.6. The lowest BCUT2D eigenvalue weighted by molar-refractivity contribution is 0.109. The molecule has 92 valence electrons. The Bertz CT molecular complexity index is 256. The third-order valence-electron chi connectivity index (χ3n) is 3.10. The normalized spacial score (nSPS) is 18.7. The maximum atomic E-state index is 11.7. The van der Waals surface area contributed by atoms with Crippen LogP contribution in [0, 0.1) is 5.92 Å². The van der Waals surface area contributed by atoms with Gasteiger partial charge in [-0.05, 0) is 51.6 Å². The molecule has 0 spiro atoms. The topological polar surface area (TPSA) is 55.6 Å². The lowest BCUT2D eigenvalue weighted by atomic mass is 9.94. The number of nitrogens with two attached hydrogens (primary N) is 1. The number of amides is 1. The molecule has 1 amide bonds. The first-order valence-electron chi connectivity index (χ1n) is 5.97. The quantitative estimate of drug-likeness (QED) is 0.750. The molecule has 0 radical (unpaired) electrons. The molecule has 0 atom stereocenters. The summed E-state index contributed by atoms with van der Waals surface area (Å²) in [5.74, 6) is 1.34. The number of rotatable bonds is 3. The monoisotopic (exact) mass is 226 g/mol. The Labute approximate surface area is 97.4 Å². The number of nitrogens with zero attached hydrogens (tertiary/aromatic N) is 1. The van der Waals surface area contributed by atoms with E-state index in [1.807, 2.05) is 6.92 Å². The van der Waals surface area contributed by atoms with Crippen LogP contribution < -0.4 is 5.73 Å². The van der Waals surface area contributed by atoms with E-state index in [1.165, 1.54) is 0 Å². The Morgan fingerprint density at radius 3 is 2.62 bits per heavy atom.